The average Bonchev–Trinajstić information content (AvgIpc) is 2.63. The van der Waals surface area contributed by atoms with Gasteiger partial charge in [0.2, 0.25) is 0 Å². The lowest BCUT2D eigenvalue weighted by atomic mass is 9.94. The lowest BCUT2D eigenvalue weighted by Gasteiger charge is -2.27. The van der Waals surface area contributed by atoms with Crippen molar-refractivity contribution in [3.63, 3.8) is 0 Å². The van der Waals surface area contributed by atoms with Gasteiger partial charge in [-0.2, -0.15) is 5.26 Å². The third-order valence-corrected chi connectivity index (χ3v) is 6.04. The lowest BCUT2D eigenvalue weighted by Crippen LogP contribution is -2.46. The monoisotopic (exact) mass is 428 g/mol. The van der Waals surface area contributed by atoms with Crippen LogP contribution in [0.2, 0.25) is 5.02 Å². The van der Waals surface area contributed by atoms with E-state index in [0.717, 1.165) is 6.07 Å². The second-order valence-electron chi connectivity index (χ2n) is 5.93. The summed E-state index contributed by atoms with van der Waals surface area (Å²) in [6.07, 6.45) is 0. The van der Waals surface area contributed by atoms with Crippen molar-refractivity contribution in [3.8, 4) is 6.07 Å². The summed E-state index contributed by atoms with van der Waals surface area (Å²) in [5.41, 5.74) is -2.90. The van der Waals surface area contributed by atoms with Crippen LogP contribution in [-0.2, 0) is 20.2 Å². The number of rotatable bonds is 6. The Morgan fingerprint density at radius 1 is 1.25 bits per heavy atom. The van der Waals surface area contributed by atoms with Gasteiger partial charge in [0.15, 0.2) is 27.1 Å². The number of carbonyl (C=O) groups excluding carboxylic acids is 1. The van der Waals surface area contributed by atoms with E-state index in [4.69, 9.17) is 16.9 Å². The van der Waals surface area contributed by atoms with Crippen LogP contribution >= 0.6 is 11.6 Å². The zero-order valence-electron chi connectivity index (χ0n) is 14.5. The lowest BCUT2D eigenvalue weighted by molar-refractivity contribution is -0.132. The third-order valence-electron chi connectivity index (χ3n) is 3.99. The fourth-order valence-corrected chi connectivity index (χ4v) is 3.73. The van der Waals surface area contributed by atoms with Gasteiger partial charge in [0.1, 0.15) is 6.07 Å². The van der Waals surface area contributed by atoms with E-state index in [2.05, 4.69) is 5.32 Å². The third kappa shape index (κ3) is 4.65. The van der Waals surface area contributed by atoms with Crippen LogP contribution in [0.5, 0.6) is 0 Å². The predicted octanol–water partition coefficient (Wildman–Crippen LogP) is 2.75. The van der Waals surface area contributed by atoms with E-state index < -0.39 is 44.3 Å². The maximum absolute atomic E-state index is 13.6. The van der Waals surface area contributed by atoms with Gasteiger partial charge in [-0.3, -0.25) is 4.79 Å². The summed E-state index contributed by atoms with van der Waals surface area (Å²) in [6.45, 7) is 1.32. The number of nitrogens with one attached hydrogen (secondary N) is 1. The normalized spacial score (nSPS) is 13.4. The van der Waals surface area contributed by atoms with Crippen molar-refractivity contribution < 1.29 is 27.1 Å². The number of anilines is 1. The predicted molar refractivity (Wildman–Crippen MR) is 99.4 cm³/mol. The molecule has 1 unspecified atom stereocenters. The van der Waals surface area contributed by atoms with E-state index in [0.29, 0.717) is 12.1 Å². The van der Waals surface area contributed by atoms with Crippen LogP contribution in [0.15, 0.2) is 36.4 Å². The van der Waals surface area contributed by atoms with Crippen molar-refractivity contribution in [3.05, 3.63) is 64.2 Å². The molecule has 2 rings (SSSR count). The Hall–Kier alpha value is -2.54. The zero-order chi connectivity index (χ0) is 21.1. The van der Waals surface area contributed by atoms with Crippen molar-refractivity contribution in [2.75, 3.05) is 16.8 Å². The van der Waals surface area contributed by atoms with Crippen LogP contribution in [0, 0.1) is 23.0 Å². The highest BCUT2D eigenvalue weighted by Crippen LogP contribution is 2.28. The van der Waals surface area contributed by atoms with E-state index in [9.17, 15) is 27.1 Å². The first-order chi connectivity index (χ1) is 13.0. The molecule has 10 heteroatoms. The molecule has 0 aromatic heterocycles. The molecule has 0 spiro atoms. The molecule has 2 aromatic rings. The van der Waals surface area contributed by atoms with Gasteiger partial charge < -0.3 is 10.4 Å². The highest BCUT2D eigenvalue weighted by atomic mass is 35.5. The van der Waals surface area contributed by atoms with Crippen LogP contribution in [0.4, 0.5) is 14.5 Å². The molecule has 6 nitrogen and oxygen atoms in total. The van der Waals surface area contributed by atoms with E-state index >= 15 is 0 Å². The van der Waals surface area contributed by atoms with E-state index in [1.807, 2.05) is 6.07 Å². The molecule has 28 heavy (non-hydrogen) atoms. The van der Waals surface area contributed by atoms with Gasteiger partial charge in [-0.05, 0) is 35.9 Å². The SMILES string of the molecule is CCS(=O)(=O)CC(O)(C(=O)Nc1ccc(C#N)c(Cl)c1)c1ccc(F)c(F)c1. The van der Waals surface area contributed by atoms with Crippen LogP contribution in [-0.4, -0.2) is 30.9 Å². The summed E-state index contributed by atoms with van der Waals surface area (Å²) in [5, 5.41) is 22.1. The average molecular weight is 429 g/mol. The summed E-state index contributed by atoms with van der Waals surface area (Å²) >= 11 is 5.89. The van der Waals surface area contributed by atoms with E-state index in [-0.39, 0.29) is 22.0 Å². The molecule has 0 bridgehead atoms. The number of hydrogen-bond acceptors (Lipinski definition) is 5. The zero-order valence-corrected chi connectivity index (χ0v) is 16.1. The summed E-state index contributed by atoms with van der Waals surface area (Å²) < 4.78 is 51.0. The van der Waals surface area contributed by atoms with Crippen LogP contribution < -0.4 is 5.32 Å². The summed E-state index contributed by atoms with van der Waals surface area (Å²) in [7, 11) is -3.90. The van der Waals surface area contributed by atoms with Crippen LogP contribution in [0.25, 0.3) is 0 Å². The van der Waals surface area contributed by atoms with Crippen molar-refractivity contribution in [1.82, 2.24) is 0 Å². The number of aliphatic hydroxyl groups is 1. The molecule has 0 aliphatic rings. The summed E-state index contributed by atoms with van der Waals surface area (Å²) in [5.74, 6) is -5.18. The molecule has 0 saturated carbocycles. The Morgan fingerprint density at radius 3 is 2.46 bits per heavy atom. The number of benzene rings is 2. The molecular weight excluding hydrogens is 414 g/mol. The molecule has 148 valence electrons. The molecule has 0 heterocycles. The molecule has 0 radical (unpaired) electrons. The number of nitrogens with zero attached hydrogens (tertiary/aromatic N) is 1. The Labute approximate surface area is 165 Å². The van der Waals surface area contributed by atoms with Gasteiger partial charge in [-0.25, -0.2) is 17.2 Å². The van der Waals surface area contributed by atoms with Crippen molar-refractivity contribution >= 4 is 33.0 Å². The van der Waals surface area contributed by atoms with Gasteiger partial charge in [0.05, 0.1) is 16.3 Å². The Balaban J connectivity index is 2.48. The Morgan fingerprint density at radius 2 is 1.93 bits per heavy atom. The second-order valence-corrected chi connectivity index (χ2v) is 8.69. The highest BCUT2D eigenvalue weighted by Gasteiger charge is 2.42. The maximum Gasteiger partial charge on any atom is 0.262 e. The first-order valence-corrected chi connectivity index (χ1v) is 10.1. The summed E-state index contributed by atoms with van der Waals surface area (Å²) in [6, 6.07) is 7.87. The molecule has 0 aliphatic carbocycles. The second kappa shape index (κ2) is 8.22. The Bertz CT molecular complexity index is 1070. The minimum Gasteiger partial charge on any atom is -0.374 e. The van der Waals surface area contributed by atoms with Crippen molar-refractivity contribution in [2.24, 2.45) is 0 Å². The minimum atomic E-state index is -3.90. The van der Waals surface area contributed by atoms with Gasteiger partial charge in [0, 0.05) is 11.4 Å². The van der Waals surface area contributed by atoms with Crippen LogP contribution in [0.3, 0.4) is 0 Å². The molecule has 2 aromatic carbocycles. The van der Waals surface area contributed by atoms with Gasteiger partial charge >= 0.3 is 0 Å². The number of sulfone groups is 1. The molecule has 0 aliphatic heterocycles. The molecule has 0 saturated heterocycles. The fraction of sp³-hybridized carbons (Fsp3) is 0.222. The van der Waals surface area contributed by atoms with Crippen molar-refractivity contribution in [1.29, 1.82) is 5.26 Å². The van der Waals surface area contributed by atoms with Gasteiger partial charge in [-0.1, -0.05) is 24.6 Å². The first kappa shape index (κ1) is 21.8. The first-order valence-electron chi connectivity index (χ1n) is 7.92. The highest BCUT2D eigenvalue weighted by molar-refractivity contribution is 7.91. The number of hydrogen-bond donors (Lipinski definition) is 2. The minimum absolute atomic E-state index is 0.0258. The smallest absolute Gasteiger partial charge is 0.262 e. The number of amides is 1. The quantitative estimate of drug-likeness (QED) is 0.735. The number of nitriles is 1. The van der Waals surface area contributed by atoms with Crippen LogP contribution in [0.1, 0.15) is 18.1 Å². The summed E-state index contributed by atoms with van der Waals surface area (Å²) in [4.78, 5) is 12.7. The van der Waals surface area contributed by atoms with E-state index in [1.54, 1.807) is 0 Å². The number of halogens is 3. The largest absolute Gasteiger partial charge is 0.374 e. The van der Waals surface area contributed by atoms with Gasteiger partial charge in [-0.15, -0.1) is 0 Å². The fourth-order valence-electron chi connectivity index (χ4n) is 2.37. The molecule has 2 N–H and O–H groups in total. The molecule has 0 fully saturated rings. The molecule has 1 atom stereocenters. The molecular formula is C18H15ClF2N2O4S. The maximum atomic E-state index is 13.6. The van der Waals surface area contributed by atoms with Gasteiger partial charge in [0.25, 0.3) is 5.91 Å². The molecule has 1 amide bonds. The van der Waals surface area contributed by atoms with Crippen molar-refractivity contribution in [2.45, 2.75) is 12.5 Å². The number of carbonyl (C=O) groups is 1. The topological polar surface area (TPSA) is 107 Å². The Kier molecular flexibility index (Phi) is 6.39. The standard InChI is InChI=1S/C18H15ClF2N2O4S/c1-2-28(26,27)10-18(25,12-4-6-15(20)16(21)7-12)17(24)23-13-5-3-11(9-22)14(19)8-13/h3-8,25H,2,10H2,1H3,(H,23,24). The van der Waals surface area contributed by atoms with E-state index in [1.165, 1.54) is 25.1 Å².